The number of rotatable bonds is 5. The predicted molar refractivity (Wildman–Crippen MR) is 105 cm³/mol. The zero-order valence-corrected chi connectivity index (χ0v) is 15.8. The Morgan fingerprint density at radius 1 is 1.28 bits per heavy atom. The van der Waals surface area contributed by atoms with E-state index in [4.69, 9.17) is 0 Å². The van der Waals surface area contributed by atoms with Crippen LogP contribution in [0.2, 0.25) is 0 Å². The van der Waals surface area contributed by atoms with Crippen LogP contribution in [0.1, 0.15) is 38.4 Å². The van der Waals surface area contributed by atoms with Gasteiger partial charge in [0, 0.05) is 33.6 Å². The van der Waals surface area contributed by atoms with Crippen molar-refractivity contribution in [2.45, 2.75) is 39.0 Å². The van der Waals surface area contributed by atoms with Gasteiger partial charge in [-0.3, -0.25) is 4.99 Å². The van der Waals surface area contributed by atoms with Gasteiger partial charge in [0.05, 0.1) is 11.0 Å². The second-order valence-corrected chi connectivity index (χ2v) is 7.43. The van der Waals surface area contributed by atoms with Crippen LogP contribution in [0.4, 0.5) is 0 Å². The van der Waals surface area contributed by atoms with Gasteiger partial charge in [-0.15, -0.1) is 0 Å². The first-order valence-electron chi connectivity index (χ1n) is 9.51. The van der Waals surface area contributed by atoms with Crippen LogP contribution in [-0.2, 0) is 6.42 Å². The van der Waals surface area contributed by atoms with E-state index in [1.165, 1.54) is 25.7 Å². The average molecular weight is 342 g/mol. The maximum atomic E-state index is 4.63. The number of hydrogen-bond acceptors (Lipinski definition) is 2. The molecule has 0 spiro atoms. The van der Waals surface area contributed by atoms with Crippen molar-refractivity contribution < 1.29 is 0 Å². The van der Waals surface area contributed by atoms with E-state index in [9.17, 15) is 0 Å². The molecule has 1 aliphatic rings. The zero-order chi connectivity index (χ0) is 17.6. The summed E-state index contributed by atoms with van der Waals surface area (Å²) in [7, 11) is 4.01. The molecule has 0 radical (unpaired) electrons. The molecule has 0 amide bonds. The summed E-state index contributed by atoms with van der Waals surface area (Å²) in [6, 6.07) is 8.16. The summed E-state index contributed by atoms with van der Waals surface area (Å²) in [6.45, 7) is 4.30. The van der Waals surface area contributed by atoms with Gasteiger partial charge >= 0.3 is 0 Å². The zero-order valence-electron chi connectivity index (χ0n) is 15.8. The predicted octanol–water partition coefficient (Wildman–Crippen LogP) is 3.44. The van der Waals surface area contributed by atoms with Crippen LogP contribution in [0.3, 0.4) is 0 Å². The number of nitrogens with zero attached hydrogens (tertiary/aromatic N) is 3. The molecule has 0 saturated heterocycles. The third-order valence-corrected chi connectivity index (χ3v) is 5.32. The number of benzene rings is 1. The van der Waals surface area contributed by atoms with Crippen molar-refractivity contribution in [3.8, 4) is 0 Å². The molecule has 0 unspecified atom stereocenters. The van der Waals surface area contributed by atoms with Gasteiger partial charge in [-0.1, -0.05) is 31.9 Å². The van der Waals surface area contributed by atoms with E-state index in [0.29, 0.717) is 0 Å². The number of hydrogen-bond donors (Lipinski definition) is 2. The Bertz CT molecular complexity index is 664. The first-order chi connectivity index (χ1) is 12.2. The average Bonchev–Trinajstić information content (AvgIpc) is 3.03. The third kappa shape index (κ3) is 4.74. The van der Waals surface area contributed by atoms with Crippen molar-refractivity contribution in [2.24, 2.45) is 16.8 Å². The Morgan fingerprint density at radius 3 is 2.76 bits per heavy atom. The standard InChI is InChI=1S/C20H31N5/c1-15-8-10-16(11-9-15)14-25(3)20(21-2)22-13-12-19-23-17-6-4-5-7-18(17)24-19/h4-7,15-16H,8-14H2,1-3H3,(H,21,22)(H,23,24). The molecule has 1 fully saturated rings. The minimum Gasteiger partial charge on any atom is -0.356 e. The fourth-order valence-electron chi connectivity index (χ4n) is 3.79. The first-order valence-corrected chi connectivity index (χ1v) is 9.51. The van der Waals surface area contributed by atoms with Crippen LogP contribution in [0.5, 0.6) is 0 Å². The number of H-pyrrole nitrogens is 1. The number of aromatic nitrogens is 2. The number of aliphatic imine (C=N–C) groups is 1. The summed E-state index contributed by atoms with van der Waals surface area (Å²) in [5, 5.41) is 3.48. The lowest BCUT2D eigenvalue weighted by molar-refractivity contribution is 0.250. The summed E-state index contributed by atoms with van der Waals surface area (Å²) < 4.78 is 0. The molecular weight excluding hydrogens is 310 g/mol. The van der Waals surface area contributed by atoms with E-state index in [0.717, 1.165) is 54.2 Å². The summed E-state index contributed by atoms with van der Waals surface area (Å²) in [5.41, 5.74) is 2.14. The first kappa shape index (κ1) is 17.8. The molecule has 2 aromatic rings. The maximum absolute atomic E-state index is 4.63. The molecule has 1 aromatic heterocycles. The molecule has 3 rings (SSSR count). The summed E-state index contributed by atoms with van der Waals surface area (Å²) in [4.78, 5) is 14.7. The molecular formula is C20H31N5. The largest absolute Gasteiger partial charge is 0.356 e. The SMILES string of the molecule is CN=C(NCCc1nc2ccccc2[nH]1)N(C)CC1CCC(C)CC1. The molecule has 1 heterocycles. The monoisotopic (exact) mass is 341 g/mol. The molecule has 5 nitrogen and oxygen atoms in total. The summed E-state index contributed by atoms with van der Waals surface area (Å²) >= 11 is 0. The summed E-state index contributed by atoms with van der Waals surface area (Å²) in [6.07, 6.45) is 6.30. The van der Waals surface area contributed by atoms with Crippen LogP contribution < -0.4 is 5.32 Å². The molecule has 0 aliphatic heterocycles. The van der Waals surface area contributed by atoms with Crippen LogP contribution in [0.15, 0.2) is 29.3 Å². The lowest BCUT2D eigenvalue weighted by Gasteiger charge is -2.31. The van der Waals surface area contributed by atoms with Gasteiger partial charge < -0.3 is 15.2 Å². The lowest BCUT2D eigenvalue weighted by atomic mass is 9.83. The van der Waals surface area contributed by atoms with Gasteiger partial charge in [0.2, 0.25) is 0 Å². The van der Waals surface area contributed by atoms with Crippen molar-refractivity contribution in [1.82, 2.24) is 20.2 Å². The van der Waals surface area contributed by atoms with E-state index in [-0.39, 0.29) is 0 Å². The molecule has 0 atom stereocenters. The van der Waals surface area contributed by atoms with Gasteiger partial charge in [0.25, 0.3) is 0 Å². The van der Waals surface area contributed by atoms with Crippen LogP contribution in [0, 0.1) is 11.8 Å². The highest BCUT2D eigenvalue weighted by molar-refractivity contribution is 5.79. The Balaban J connectivity index is 1.46. The van der Waals surface area contributed by atoms with Gasteiger partial charge in [0.1, 0.15) is 5.82 Å². The third-order valence-electron chi connectivity index (χ3n) is 5.32. The van der Waals surface area contributed by atoms with Crippen LogP contribution >= 0.6 is 0 Å². The van der Waals surface area contributed by atoms with Gasteiger partial charge in [0.15, 0.2) is 5.96 Å². The van der Waals surface area contributed by atoms with Gasteiger partial charge in [-0.2, -0.15) is 0 Å². The quantitative estimate of drug-likeness (QED) is 0.647. The second-order valence-electron chi connectivity index (χ2n) is 7.43. The fraction of sp³-hybridized carbons (Fsp3) is 0.600. The maximum Gasteiger partial charge on any atom is 0.193 e. The molecule has 5 heteroatoms. The highest BCUT2D eigenvalue weighted by atomic mass is 15.3. The minimum absolute atomic E-state index is 0.801. The van der Waals surface area contributed by atoms with Crippen molar-refractivity contribution in [3.05, 3.63) is 30.1 Å². The highest BCUT2D eigenvalue weighted by Gasteiger charge is 2.20. The van der Waals surface area contributed by atoms with Crippen molar-refractivity contribution >= 4 is 17.0 Å². The number of imidazole rings is 1. The highest BCUT2D eigenvalue weighted by Crippen LogP contribution is 2.28. The minimum atomic E-state index is 0.801. The Hall–Kier alpha value is -2.04. The van der Waals surface area contributed by atoms with Gasteiger partial charge in [-0.25, -0.2) is 4.98 Å². The normalized spacial score (nSPS) is 21.5. The Kier molecular flexibility index (Phi) is 5.95. The lowest BCUT2D eigenvalue weighted by Crippen LogP contribution is -2.42. The van der Waals surface area contributed by atoms with Crippen molar-refractivity contribution in [2.75, 3.05) is 27.2 Å². The van der Waals surface area contributed by atoms with Crippen molar-refractivity contribution in [1.29, 1.82) is 0 Å². The number of fused-ring (bicyclic) bond motifs is 1. The van der Waals surface area contributed by atoms with E-state index >= 15 is 0 Å². The molecule has 2 N–H and O–H groups in total. The number of para-hydroxylation sites is 2. The fourth-order valence-corrected chi connectivity index (χ4v) is 3.79. The number of aromatic amines is 1. The molecule has 136 valence electrons. The topological polar surface area (TPSA) is 56.3 Å². The summed E-state index contributed by atoms with van der Waals surface area (Å²) in [5.74, 6) is 3.71. The molecule has 1 aromatic carbocycles. The van der Waals surface area contributed by atoms with Crippen LogP contribution in [-0.4, -0.2) is 48.0 Å². The van der Waals surface area contributed by atoms with Crippen molar-refractivity contribution in [3.63, 3.8) is 0 Å². The van der Waals surface area contributed by atoms with Gasteiger partial charge in [-0.05, 0) is 36.8 Å². The van der Waals surface area contributed by atoms with E-state index in [1.54, 1.807) is 0 Å². The van der Waals surface area contributed by atoms with E-state index < -0.39 is 0 Å². The Morgan fingerprint density at radius 2 is 2.04 bits per heavy atom. The molecule has 1 saturated carbocycles. The molecule has 0 bridgehead atoms. The van der Waals surface area contributed by atoms with Crippen LogP contribution in [0.25, 0.3) is 11.0 Å². The van der Waals surface area contributed by atoms with E-state index in [2.05, 4.69) is 45.2 Å². The Labute approximate surface area is 150 Å². The second kappa shape index (κ2) is 8.37. The smallest absolute Gasteiger partial charge is 0.193 e. The molecule has 1 aliphatic carbocycles. The molecule has 25 heavy (non-hydrogen) atoms. The van der Waals surface area contributed by atoms with E-state index in [1.807, 2.05) is 25.2 Å². The number of guanidine groups is 1. The number of nitrogens with one attached hydrogen (secondary N) is 2.